The predicted molar refractivity (Wildman–Crippen MR) is 124 cm³/mol. The van der Waals surface area contributed by atoms with E-state index in [-0.39, 0.29) is 17.7 Å². The SMILES string of the molecule is COc1cc(OC)cc(C(=O)Nc2nc3c(s2)CCC3C(=O)NCc2ccccc2Cl)c1. The molecule has 166 valence electrons. The summed E-state index contributed by atoms with van der Waals surface area (Å²) in [6.07, 6.45) is 1.45. The molecule has 1 atom stereocenters. The summed E-state index contributed by atoms with van der Waals surface area (Å²) < 4.78 is 10.4. The molecule has 9 heteroatoms. The molecule has 0 saturated heterocycles. The second-order valence-corrected chi connectivity index (χ2v) is 8.77. The van der Waals surface area contributed by atoms with Gasteiger partial charge >= 0.3 is 0 Å². The van der Waals surface area contributed by atoms with Crippen molar-refractivity contribution in [2.45, 2.75) is 25.3 Å². The van der Waals surface area contributed by atoms with E-state index in [1.54, 1.807) is 24.3 Å². The predicted octanol–water partition coefficient (Wildman–Crippen LogP) is 4.41. The van der Waals surface area contributed by atoms with Crippen molar-refractivity contribution in [1.29, 1.82) is 0 Å². The number of amides is 2. The number of nitrogens with one attached hydrogen (secondary N) is 2. The maximum absolute atomic E-state index is 12.8. The van der Waals surface area contributed by atoms with Crippen molar-refractivity contribution in [2.75, 3.05) is 19.5 Å². The number of aromatic nitrogens is 1. The van der Waals surface area contributed by atoms with Gasteiger partial charge in [-0.1, -0.05) is 29.8 Å². The van der Waals surface area contributed by atoms with E-state index in [1.807, 2.05) is 18.2 Å². The summed E-state index contributed by atoms with van der Waals surface area (Å²) in [6, 6.07) is 12.4. The van der Waals surface area contributed by atoms with E-state index >= 15 is 0 Å². The Kier molecular flexibility index (Phi) is 6.62. The van der Waals surface area contributed by atoms with Gasteiger partial charge in [0.25, 0.3) is 5.91 Å². The van der Waals surface area contributed by atoms with E-state index in [0.717, 1.165) is 22.6 Å². The van der Waals surface area contributed by atoms with Crippen molar-refractivity contribution < 1.29 is 19.1 Å². The Morgan fingerprint density at radius 3 is 2.56 bits per heavy atom. The molecule has 1 heterocycles. The molecule has 0 fully saturated rings. The number of aryl methyl sites for hydroxylation is 1. The van der Waals surface area contributed by atoms with E-state index in [0.29, 0.717) is 40.2 Å². The van der Waals surface area contributed by atoms with Crippen molar-refractivity contribution in [3.63, 3.8) is 0 Å². The Hall–Kier alpha value is -3.10. The zero-order valence-electron chi connectivity index (χ0n) is 17.6. The molecule has 32 heavy (non-hydrogen) atoms. The fraction of sp³-hybridized carbons (Fsp3) is 0.261. The van der Waals surface area contributed by atoms with Crippen LogP contribution in [0.25, 0.3) is 0 Å². The van der Waals surface area contributed by atoms with E-state index in [4.69, 9.17) is 21.1 Å². The van der Waals surface area contributed by atoms with Crippen molar-refractivity contribution in [3.8, 4) is 11.5 Å². The molecule has 1 aliphatic rings. The average molecular weight is 472 g/mol. The molecule has 1 aromatic heterocycles. The van der Waals surface area contributed by atoms with Crippen LogP contribution < -0.4 is 20.1 Å². The molecule has 7 nitrogen and oxygen atoms in total. The minimum Gasteiger partial charge on any atom is -0.497 e. The van der Waals surface area contributed by atoms with Crippen LogP contribution in [-0.4, -0.2) is 31.0 Å². The summed E-state index contributed by atoms with van der Waals surface area (Å²) in [4.78, 5) is 31.1. The molecule has 4 rings (SSSR count). The standard InChI is InChI=1S/C23H22ClN3O4S/c1-30-15-9-14(10-16(11-15)31-2)21(28)27-23-26-20-17(7-8-19(20)32-23)22(29)25-12-13-5-3-4-6-18(13)24/h3-6,9-11,17H,7-8,12H2,1-2H3,(H,25,29)(H,26,27,28). The Morgan fingerprint density at radius 2 is 1.88 bits per heavy atom. The minimum absolute atomic E-state index is 0.0932. The van der Waals surface area contributed by atoms with Crippen LogP contribution in [0, 0.1) is 0 Å². The summed E-state index contributed by atoms with van der Waals surface area (Å²) in [5.41, 5.74) is 1.98. The van der Waals surface area contributed by atoms with Gasteiger partial charge < -0.3 is 14.8 Å². The third-order valence-corrected chi connectivity index (χ3v) is 6.69. The molecular weight excluding hydrogens is 450 g/mol. The largest absolute Gasteiger partial charge is 0.497 e. The highest BCUT2D eigenvalue weighted by atomic mass is 35.5. The fourth-order valence-corrected chi connectivity index (χ4v) is 4.83. The summed E-state index contributed by atoms with van der Waals surface area (Å²) in [5.74, 6) is 0.280. The first-order valence-corrected chi connectivity index (χ1v) is 11.2. The molecule has 0 aliphatic heterocycles. The van der Waals surface area contributed by atoms with Gasteiger partial charge in [0.15, 0.2) is 5.13 Å². The van der Waals surface area contributed by atoms with E-state index < -0.39 is 0 Å². The second-order valence-electron chi connectivity index (χ2n) is 7.28. The number of fused-ring (bicyclic) bond motifs is 1. The Morgan fingerprint density at radius 1 is 1.16 bits per heavy atom. The number of carbonyl (C=O) groups excluding carboxylic acids is 2. The van der Waals surface area contributed by atoms with Crippen LogP contribution in [0.3, 0.4) is 0 Å². The van der Waals surface area contributed by atoms with E-state index in [2.05, 4.69) is 15.6 Å². The molecule has 0 saturated carbocycles. The summed E-state index contributed by atoms with van der Waals surface area (Å²) in [7, 11) is 3.05. The molecule has 2 aromatic carbocycles. The summed E-state index contributed by atoms with van der Waals surface area (Å²) in [5, 5.41) is 6.85. The monoisotopic (exact) mass is 471 g/mol. The van der Waals surface area contributed by atoms with Gasteiger partial charge in [-0.05, 0) is 36.6 Å². The lowest BCUT2D eigenvalue weighted by molar-refractivity contribution is -0.122. The van der Waals surface area contributed by atoms with Crippen LogP contribution in [0.5, 0.6) is 11.5 Å². The van der Waals surface area contributed by atoms with Gasteiger partial charge in [0.1, 0.15) is 11.5 Å². The van der Waals surface area contributed by atoms with Gasteiger partial charge in [-0.15, -0.1) is 11.3 Å². The highest BCUT2D eigenvalue weighted by Gasteiger charge is 2.32. The van der Waals surface area contributed by atoms with E-state index in [1.165, 1.54) is 25.6 Å². The third-order valence-electron chi connectivity index (χ3n) is 5.28. The lowest BCUT2D eigenvalue weighted by atomic mass is 10.1. The number of nitrogens with zero attached hydrogens (tertiary/aromatic N) is 1. The van der Waals surface area contributed by atoms with Crippen molar-refractivity contribution in [1.82, 2.24) is 10.3 Å². The van der Waals surface area contributed by atoms with Gasteiger partial charge in [-0.25, -0.2) is 4.98 Å². The van der Waals surface area contributed by atoms with Gasteiger partial charge in [0.2, 0.25) is 5.91 Å². The van der Waals surface area contributed by atoms with Crippen molar-refractivity contribution >= 4 is 39.9 Å². The molecule has 0 spiro atoms. The average Bonchev–Trinajstić information content (AvgIpc) is 3.38. The van der Waals surface area contributed by atoms with Crippen LogP contribution in [-0.2, 0) is 17.8 Å². The number of hydrogen-bond acceptors (Lipinski definition) is 6. The number of thiazole rings is 1. The van der Waals surface area contributed by atoms with Gasteiger partial charge in [0.05, 0.1) is 25.8 Å². The first-order valence-electron chi connectivity index (χ1n) is 10.0. The zero-order chi connectivity index (χ0) is 22.7. The highest BCUT2D eigenvalue weighted by Crippen LogP contribution is 2.38. The Labute approximate surface area is 194 Å². The Bertz CT molecular complexity index is 1140. The lowest BCUT2D eigenvalue weighted by Gasteiger charge is -2.11. The smallest absolute Gasteiger partial charge is 0.257 e. The number of carbonyl (C=O) groups is 2. The first-order chi connectivity index (χ1) is 15.5. The molecule has 1 aliphatic carbocycles. The normalized spacial score (nSPS) is 14.5. The first kappa shape index (κ1) is 22.1. The quantitative estimate of drug-likeness (QED) is 0.532. The second kappa shape index (κ2) is 9.58. The molecule has 2 amide bonds. The van der Waals surface area contributed by atoms with Crippen molar-refractivity contribution in [3.05, 3.63) is 69.2 Å². The lowest BCUT2D eigenvalue weighted by Crippen LogP contribution is -2.28. The summed E-state index contributed by atoms with van der Waals surface area (Å²) >= 11 is 7.57. The maximum atomic E-state index is 12.8. The maximum Gasteiger partial charge on any atom is 0.257 e. The minimum atomic E-state index is -0.341. The zero-order valence-corrected chi connectivity index (χ0v) is 19.2. The molecule has 1 unspecified atom stereocenters. The van der Waals surface area contributed by atoms with Gasteiger partial charge in [-0.2, -0.15) is 0 Å². The number of hydrogen-bond donors (Lipinski definition) is 2. The van der Waals surface area contributed by atoms with Crippen molar-refractivity contribution in [2.24, 2.45) is 0 Å². The molecular formula is C23H22ClN3O4S. The van der Waals surface area contributed by atoms with Crippen LogP contribution in [0.4, 0.5) is 5.13 Å². The van der Waals surface area contributed by atoms with Gasteiger partial charge in [0, 0.05) is 28.1 Å². The summed E-state index contributed by atoms with van der Waals surface area (Å²) in [6.45, 7) is 0.357. The van der Waals surface area contributed by atoms with Crippen LogP contribution in [0.2, 0.25) is 5.02 Å². The number of methoxy groups -OCH3 is 2. The Balaban J connectivity index is 1.44. The number of ether oxygens (including phenoxy) is 2. The number of halogens is 1. The number of benzene rings is 2. The topological polar surface area (TPSA) is 89.6 Å². The molecule has 3 aromatic rings. The molecule has 0 bridgehead atoms. The van der Waals surface area contributed by atoms with Crippen LogP contribution in [0.1, 0.15) is 38.8 Å². The van der Waals surface area contributed by atoms with Gasteiger partial charge in [-0.3, -0.25) is 14.9 Å². The highest BCUT2D eigenvalue weighted by molar-refractivity contribution is 7.16. The number of anilines is 1. The molecule has 0 radical (unpaired) electrons. The third kappa shape index (κ3) is 4.71. The van der Waals surface area contributed by atoms with E-state index in [9.17, 15) is 9.59 Å². The van der Waals surface area contributed by atoms with Crippen LogP contribution >= 0.6 is 22.9 Å². The molecule has 2 N–H and O–H groups in total. The number of rotatable bonds is 7. The van der Waals surface area contributed by atoms with Crippen LogP contribution in [0.15, 0.2) is 42.5 Å². The fourth-order valence-electron chi connectivity index (χ4n) is 3.59.